The van der Waals surface area contributed by atoms with Gasteiger partial charge in [0.15, 0.2) is 6.61 Å². The van der Waals surface area contributed by atoms with E-state index in [4.69, 9.17) is 10.5 Å². The molecular formula is C10H14N2O4S. The second-order valence-electron chi connectivity index (χ2n) is 3.48. The zero-order valence-corrected chi connectivity index (χ0v) is 10.4. The van der Waals surface area contributed by atoms with Crippen LogP contribution in [0.15, 0.2) is 24.3 Å². The number of amides is 1. The summed E-state index contributed by atoms with van der Waals surface area (Å²) in [5.74, 6) is -0.114. The van der Waals surface area contributed by atoms with E-state index >= 15 is 0 Å². The first-order valence-electron chi connectivity index (χ1n) is 4.76. The Morgan fingerprint density at radius 2 is 1.88 bits per heavy atom. The predicted octanol–water partition coefficient (Wildman–Crippen LogP) is -0.0535. The Morgan fingerprint density at radius 1 is 1.35 bits per heavy atom. The summed E-state index contributed by atoms with van der Waals surface area (Å²) in [4.78, 5) is 10.5. The van der Waals surface area contributed by atoms with E-state index in [1.165, 1.54) is 7.05 Å². The lowest BCUT2D eigenvalue weighted by Gasteiger charge is -2.16. The molecule has 7 heteroatoms. The maximum atomic E-state index is 11.3. The summed E-state index contributed by atoms with van der Waals surface area (Å²) in [7, 11) is -1.82. The minimum Gasteiger partial charge on any atom is -0.484 e. The molecule has 0 radical (unpaired) electrons. The zero-order valence-electron chi connectivity index (χ0n) is 9.58. The van der Waals surface area contributed by atoms with Gasteiger partial charge >= 0.3 is 0 Å². The van der Waals surface area contributed by atoms with Crippen LogP contribution in [-0.4, -0.2) is 34.2 Å². The fourth-order valence-corrected chi connectivity index (χ4v) is 1.60. The van der Waals surface area contributed by atoms with E-state index in [9.17, 15) is 13.2 Å². The minimum absolute atomic E-state index is 0.207. The number of carbonyl (C=O) groups excluding carboxylic acids is 1. The number of ether oxygens (including phenoxy) is 1. The van der Waals surface area contributed by atoms with Crippen molar-refractivity contribution in [3.05, 3.63) is 24.3 Å². The molecule has 6 nitrogen and oxygen atoms in total. The fraction of sp³-hybridized carbons (Fsp3) is 0.300. The SMILES string of the molecule is CN(c1ccc(OCC(N)=O)cc1)S(C)(=O)=O. The largest absolute Gasteiger partial charge is 0.484 e. The maximum absolute atomic E-state index is 11.3. The molecule has 1 rings (SSSR count). The Morgan fingerprint density at radius 3 is 2.29 bits per heavy atom. The molecule has 2 N–H and O–H groups in total. The van der Waals surface area contributed by atoms with Crippen LogP contribution in [0.3, 0.4) is 0 Å². The summed E-state index contributed by atoms with van der Waals surface area (Å²) in [6, 6.07) is 6.30. The molecule has 1 aromatic carbocycles. The van der Waals surface area contributed by atoms with Crippen molar-refractivity contribution in [2.45, 2.75) is 0 Å². The molecule has 0 aliphatic heterocycles. The van der Waals surface area contributed by atoms with Crippen molar-refractivity contribution in [3.63, 3.8) is 0 Å². The molecule has 17 heavy (non-hydrogen) atoms. The predicted molar refractivity (Wildman–Crippen MR) is 64.4 cm³/mol. The lowest BCUT2D eigenvalue weighted by atomic mass is 10.3. The van der Waals surface area contributed by atoms with Crippen molar-refractivity contribution in [1.82, 2.24) is 0 Å². The number of hydrogen-bond acceptors (Lipinski definition) is 4. The highest BCUT2D eigenvalue weighted by atomic mass is 32.2. The van der Waals surface area contributed by atoms with Gasteiger partial charge in [-0.1, -0.05) is 0 Å². The Labute approximate surface area is 100 Å². The molecule has 0 aliphatic rings. The number of benzene rings is 1. The second kappa shape index (κ2) is 5.05. The Kier molecular flexibility index (Phi) is 3.95. The molecule has 0 heterocycles. The normalized spacial score (nSPS) is 10.9. The summed E-state index contributed by atoms with van der Waals surface area (Å²) < 4.78 is 28.7. The van der Waals surface area contributed by atoms with Crippen molar-refractivity contribution in [1.29, 1.82) is 0 Å². The highest BCUT2D eigenvalue weighted by molar-refractivity contribution is 7.92. The average Bonchev–Trinajstić information content (AvgIpc) is 2.25. The van der Waals surface area contributed by atoms with Gasteiger partial charge in [-0.3, -0.25) is 9.10 Å². The third kappa shape index (κ3) is 3.95. The molecule has 0 aromatic heterocycles. The molecule has 0 saturated carbocycles. The van der Waals surface area contributed by atoms with Crippen molar-refractivity contribution in [2.75, 3.05) is 24.2 Å². The van der Waals surface area contributed by atoms with E-state index < -0.39 is 15.9 Å². The molecule has 94 valence electrons. The van der Waals surface area contributed by atoms with Crippen LogP contribution in [0.1, 0.15) is 0 Å². The Balaban J connectivity index is 2.78. The van der Waals surface area contributed by atoms with Gasteiger partial charge in [0.25, 0.3) is 5.91 Å². The number of nitrogens with two attached hydrogens (primary N) is 1. The molecule has 1 aromatic rings. The van der Waals surface area contributed by atoms with Crippen LogP contribution in [0, 0.1) is 0 Å². The Hall–Kier alpha value is -1.76. The summed E-state index contributed by atoms with van der Waals surface area (Å²) in [6.07, 6.45) is 1.12. The van der Waals surface area contributed by atoms with Gasteiger partial charge in [-0.15, -0.1) is 0 Å². The number of nitrogens with zero attached hydrogens (tertiary/aromatic N) is 1. The number of sulfonamides is 1. The first-order chi connectivity index (χ1) is 7.80. The third-order valence-corrected chi connectivity index (χ3v) is 3.28. The summed E-state index contributed by atoms with van der Waals surface area (Å²) in [6.45, 7) is -0.207. The van der Waals surface area contributed by atoms with Gasteiger partial charge in [0.1, 0.15) is 5.75 Å². The van der Waals surface area contributed by atoms with Crippen molar-refractivity contribution >= 4 is 21.6 Å². The number of primary amides is 1. The van der Waals surface area contributed by atoms with Crippen molar-refractivity contribution in [2.24, 2.45) is 5.73 Å². The van der Waals surface area contributed by atoms with Crippen molar-refractivity contribution in [3.8, 4) is 5.75 Å². The lowest BCUT2D eigenvalue weighted by molar-refractivity contribution is -0.119. The van der Waals surface area contributed by atoms with Gasteiger partial charge in [0, 0.05) is 7.05 Å². The zero-order chi connectivity index (χ0) is 13.1. The molecule has 0 aliphatic carbocycles. The van der Waals surface area contributed by atoms with Gasteiger partial charge in [-0.05, 0) is 24.3 Å². The number of rotatable bonds is 5. The summed E-state index contributed by atoms with van der Waals surface area (Å²) in [5.41, 5.74) is 5.44. The van der Waals surface area contributed by atoms with E-state index in [0.29, 0.717) is 11.4 Å². The standard InChI is InChI=1S/C10H14N2O4S/c1-12(17(2,14)15)8-3-5-9(6-4-8)16-7-10(11)13/h3-6H,7H2,1-2H3,(H2,11,13). The maximum Gasteiger partial charge on any atom is 0.255 e. The quantitative estimate of drug-likeness (QED) is 0.801. The summed E-state index contributed by atoms with van der Waals surface area (Å²) >= 11 is 0. The average molecular weight is 258 g/mol. The Bertz CT molecular complexity index is 496. The number of hydrogen-bond donors (Lipinski definition) is 1. The fourth-order valence-electron chi connectivity index (χ4n) is 1.10. The molecule has 0 unspecified atom stereocenters. The van der Waals surface area contributed by atoms with Crippen LogP contribution in [0.2, 0.25) is 0 Å². The topological polar surface area (TPSA) is 89.7 Å². The third-order valence-electron chi connectivity index (χ3n) is 2.08. The van der Waals surface area contributed by atoms with Gasteiger partial charge in [-0.2, -0.15) is 0 Å². The van der Waals surface area contributed by atoms with Gasteiger partial charge < -0.3 is 10.5 Å². The highest BCUT2D eigenvalue weighted by Crippen LogP contribution is 2.19. The molecule has 0 bridgehead atoms. The van der Waals surface area contributed by atoms with Gasteiger partial charge in [0.2, 0.25) is 10.0 Å². The lowest BCUT2D eigenvalue weighted by Crippen LogP contribution is -2.24. The first-order valence-corrected chi connectivity index (χ1v) is 6.60. The van der Waals surface area contributed by atoms with E-state index in [-0.39, 0.29) is 6.61 Å². The van der Waals surface area contributed by atoms with Crippen LogP contribution in [0.4, 0.5) is 5.69 Å². The van der Waals surface area contributed by atoms with Crippen LogP contribution < -0.4 is 14.8 Å². The molecule has 0 atom stereocenters. The molecule has 0 spiro atoms. The van der Waals surface area contributed by atoms with E-state index in [0.717, 1.165) is 10.6 Å². The van der Waals surface area contributed by atoms with Crippen LogP contribution in [-0.2, 0) is 14.8 Å². The monoisotopic (exact) mass is 258 g/mol. The second-order valence-corrected chi connectivity index (χ2v) is 5.49. The smallest absolute Gasteiger partial charge is 0.255 e. The number of anilines is 1. The molecular weight excluding hydrogens is 244 g/mol. The van der Waals surface area contributed by atoms with Gasteiger partial charge in [-0.25, -0.2) is 8.42 Å². The van der Waals surface area contributed by atoms with E-state index in [1.807, 2.05) is 0 Å². The minimum atomic E-state index is -3.28. The van der Waals surface area contributed by atoms with Gasteiger partial charge in [0.05, 0.1) is 11.9 Å². The van der Waals surface area contributed by atoms with Crippen LogP contribution in [0.5, 0.6) is 5.75 Å². The van der Waals surface area contributed by atoms with Crippen LogP contribution in [0.25, 0.3) is 0 Å². The van der Waals surface area contributed by atoms with Crippen molar-refractivity contribution < 1.29 is 17.9 Å². The van der Waals surface area contributed by atoms with Crippen LogP contribution >= 0.6 is 0 Å². The molecule has 1 amide bonds. The first kappa shape index (κ1) is 13.3. The summed E-state index contributed by atoms with van der Waals surface area (Å²) in [5, 5.41) is 0. The highest BCUT2D eigenvalue weighted by Gasteiger charge is 2.11. The molecule has 0 fully saturated rings. The van der Waals surface area contributed by atoms with E-state index in [2.05, 4.69) is 0 Å². The molecule has 0 saturated heterocycles. The van der Waals surface area contributed by atoms with E-state index in [1.54, 1.807) is 24.3 Å². The number of carbonyl (C=O) groups is 1.